The SMILES string of the molecule is CCC(CC(=O)N1CCC(c2ccc(F)cc2)C1)N1Cc2ccnc3[nH]cc(c23)C1=O. The molecule has 4 heterocycles. The Balaban J connectivity index is 1.28. The molecule has 0 bridgehead atoms. The number of rotatable bonds is 5. The molecule has 7 heteroatoms. The first kappa shape index (κ1) is 19.7. The van der Waals surface area contributed by atoms with Crippen LogP contribution in [0.4, 0.5) is 4.39 Å². The zero-order valence-corrected chi connectivity index (χ0v) is 17.5. The number of halogens is 1. The van der Waals surface area contributed by atoms with Crippen LogP contribution in [0.3, 0.4) is 0 Å². The zero-order valence-electron chi connectivity index (χ0n) is 17.5. The molecule has 0 aliphatic carbocycles. The first-order chi connectivity index (χ1) is 15.0. The molecular weight excluding hydrogens is 395 g/mol. The second-order valence-electron chi connectivity index (χ2n) is 8.47. The molecule has 1 N–H and O–H groups in total. The maximum atomic E-state index is 13.2. The van der Waals surface area contributed by atoms with Crippen LogP contribution in [-0.4, -0.2) is 50.7 Å². The van der Waals surface area contributed by atoms with Crippen molar-refractivity contribution in [3.05, 3.63) is 65.2 Å². The van der Waals surface area contributed by atoms with Gasteiger partial charge in [-0.3, -0.25) is 9.59 Å². The third kappa shape index (κ3) is 3.48. The number of amides is 2. The molecule has 1 fully saturated rings. The predicted octanol–water partition coefficient (Wildman–Crippen LogP) is 3.84. The molecule has 2 amide bonds. The highest BCUT2D eigenvalue weighted by Crippen LogP contribution is 2.32. The lowest BCUT2D eigenvalue weighted by Gasteiger charge is -2.34. The predicted molar refractivity (Wildman–Crippen MR) is 115 cm³/mol. The van der Waals surface area contributed by atoms with E-state index in [1.807, 2.05) is 22.8 Å². The molecule has 1 aromatic carbocycles. The van der Waals surface area contributed by atoms with Crippen molar-refractivity contribution in [2.45, 2.75) is 44.7 Å². The number of carbonyl (C=O) groups excluding carboxylic acids is 2. The molecule has 0 radical (unpaired) electrons. The summed E-state index contributed by atoms with van der Waals surface area (Å²) < 4.78 is 13.2. The lowest BCUT2D eigenvalue weighted by atomic mass is 9.98. The average molecular weight is 420 g/mol. The van der Waals surface area contributed by atoms with E-state index in [9.17, 15) is 14.0 Å². The average Bonchev–Trinajstić information content (AvgIpc) is 3.44. The molecule has 160 valence electrons. The largest absolute Gasteiger partial charge is 0.345 e. The van der Waals surface area contributed by atoms with Gasteiger partial charge in [0.25, 0.3) is 5.91 Å². The molecule has 31 heavy (non-hydrogen) atoms. The van der Waals surface area contributed by atoms with E-state index in [4.69, 9.17) is 0 Å². The summed E-state index contributed by atoms with van der Waals surface area (Å²) in [6.45, 7) is 3.85. The maximum Gasteiger partial charge on any atom is 0.256 e. The van der Waals surface area contributed by atoms with E-state index < -0.39 is 0 Å². The fourth-order valence-corrected chi connectivity index (χ4v) is 4.93. The number of H-pyrrole nitrogens is 1. The molecule has 2 unspecified atom stereocenters. The standard InChI is InChI=1S/C24H25FN4O2/c1-2-19(29-14-17-7-9-26-23-22(17)20(12-27-23)24(29)31)11-21(30)28-10-8-16(13-28)15-3-5-18(25)6-4-15/h3-7,9,12,16,19H,2,8,10-11,13-14H2,1H3,(H,26,27). The van der Waals surface area contributed by atoms with E-state index in [0.29, 0.717) is 38.0 Å². The monoisotopic (exact) mass is 420 g/mol. The van der Waals surface area contributed by atoms with Crippen LogP contribution in [0.5, 0.6) is 0 Å². The Kier molecular flexibility index (Phi) is 4.96. The second-order valence-corrected chi connectivity index (χ2v) is 8.47. The Morgan fingerprint density at radius 1 is 1.29 bits per heavy atom. The number of nitrogens with zero attached hydrogens (tertiary/aromatic N) is 3. The molecule has 2 atom stereocenters. The number of likely N-dealkylation sites (tertiary alicyclic amines) is 1. The van der Waals surface area contributed by atoms with Gasteiger partial charge in [0.05, 0.1) is 5.56 Å². The number of benzene rings is 1. The van der Waals surface area contributed by atoms with E-state index in [1.54, 1.807) is 24.5 Å². The van der Waals surface area contributed by atoms with Gasteiger partial charge in [-0.25, -0.2) is 9.37 Å². The van der Waals surface area contributed by atoms with E-state index in [1.165, 1.54) is 12.1 Å². The molecular formula is C24H25FN4O2. The van der Waals surface area contributed by atoms with Gasteiger partial charge in [0.1, 0.15) is 11.5 Å². The Hall–Kier alpha value is -3.22. The number of hydrogen-bond donors (Lipinski definition) is 1. The number of aromatic amines is 1. The highest BCUT2D eigenvalue weighted by molar-refractivity contribution is 6.09. The Morgan fingerprint density at radius 3 is 2.87 bits per heavy atom. The summed E-state index contributed by atoms with van der Waals surface area (Å²) in [4.78, 5) is 37.3. The Labute approximate surface area is 180 Å². The van der Waals surface area contributed by atoms with Gasteiger partial charge >= 0.3 is 0 Å². The van der Waals surface area contributed by atoms with Crippen molar-refractivity contribution >= 4 is 22.8 Å². The minimum atomic E-state index is -0.247. The number of pyridine rings is 1. The van der Waals surface area contributed by atoms with Crippen LogP contribution in [0.25, 0.3) is 11.0 Å². The topological polar surface area (TPSA) is 69.3 Å². The van der Waals surface area contributed by atoms with E-state index in [-0.39, 0.29) is 29.6 Å². The van der Waals surface area contributed by atoms with E-state index >= 15 is 0 Å². The molecule has 0 saturated carbocycles. The molecule has 6 nitrogen and oxygen atoms in total. The van der Waals surface area contributed by atoms with Gasteiger partial charge in [-0.1, -0.05) is 19.1 Å². The van der Waals surface area contributed by atoms with Crippen LogP contribution < -0.4 is 0 Å². The van der Waals surface area contributed by atoms with Crippen molar-refractivity contribution in [3.63, 3.8) is 0 Å². The van der Waals surface area contributed by atoms with Gasteiger partial charge in [-0.2, -0.15) is 0 Å². The first-order valence-electron chi connectivity index (χ1n) is 10.8. The van der Waals surface area contributed by atoms with Crippen molar-refractivity contribution in [2.75, 3.05) is 13.1 Å². The highest BCUT2D eigenvalue weighted by atomic mass is 19.1. The fraction of sp³-hybridized carbons (Fsp3) is 0.375. The molecule has 5 rings (SSSR count). The first-order valence-corrected chi connectivity index (χ1v) is 10.8. The van der Waals surface area contributed by atoms with Crippen LogP contribution in [0.1, 0.15) is 53.6 Å². The smallest absolute Gasteiger partial charge is 0.256 e. The fourth-order valence-electron chi connectivity index (χ4n) is 4.93. The lowest BCUT2D eigenvalue weighted by Crippen LogP contribution is -2.44. The number of aromatic nitrogens is 2. The van der Waals surface area contributed by atoms with Crippen molar-refractivity contribution < 1.29 is 14.0 Å². The summed E-state index contributed by atoms with van der Waals surface area (Å²) in [7, 11) is 0. The van der Waals surface area contributed by atoms with E-state index in [0.717, 1.165) is 28.6 Å². The highest BCUT2D eigenvalue weighted by Gasteiger charge is 2.34. The molecule has 2 aromatic heterocycles. The number of carbonyl (C=O) groups is 2. The quantitative estimate of drug-likeness (QED) is 0.682. The van der Waals surface area contributed by atoms with Gasteiger partial charge in [-0.05, 0) is 42.2 Å². The molecule has 3 aromatic rings. The van der Waals surface area contributed by atoms with Gasteiger partial charge in [0, 0.05) is 55.8 Å². The minimum Gasteiger partial charge on any atom is -0.345 e. The van der Waals surface area contributed by atoms with Crippen molar-refractivity contribution in [1.82, 2.24) is 19.8 Å². The van der Waals surface area contributed by atoms with Crippen molar-refractivity contribution in [1.29, 1.82) is 0 Å². The minimum absolute atomic E-state index is 0.0444. The van der Waals surface area contributed by atoms with Crippen LogP contribution in [0.15, 0.2) is 42.7 Å². The second kappa shape index (κ2) is 7.80. The van der Waals surface area contributed by atoms with Crippen LogP contribution in [0.2, 0.25) is 0 Å². The van der Waals surface area contributed by atoms with Crippen molar-refractivity contribution in [2.24, 2.45) is 0 Å². The molecule has 1 saturated heterocycles. The molecule has 0 spiro atoms. The maximum absolute atomic E-state index is 13.2. The summed E-state index contributed by atoms with van der Waals surface area (Å²) in [5.41, 5.74) is 3.49. The summed E-state index contributed by atoms with van der Waals surface area (Å²) >= 11 is 0. The van der Waals surface area contributed by atoms with Crippen LogP contribution >= 0.6 is 0 Å². The van der Waals surface area contributed by atoms with Crippen LogP contribution in [0, 0.1) is 5.82 Å². The van der Waals surface area contributed by atoms with Gasteiger partial charge in [0.15, 0.2) is 0 Å². The lowest BCUT2D eigenvalue weighted by molar-refractivity contribution is -0.131. The Bertz CT molecular complexity index is 1140. The summed E-state index contributed by atoms with van der Waals surface area (Å²) in [5, 5.41) is 0.895. The third-order valence-corrected chi connectivity index (χ3v) is 6.70. The normalized spacial score (nSPS) is 19.3. The van der Waals surface area contributed by atoms with Crippen LogP contribution in [-0.2, 0) is 11.3 Å². The van der Waals surface area contributed by atoms with E-state index in [2.05, 4.69) is 9.97 Å². The van der Waals surface area contributed by atoms with Gasteiger partial charge in [0.2, 0.25) is 5.91 Å². The third-order valence-electron chi connectivity index (χ3n) is 6.70. The summed E-state index contributed by atoms with van der Waals surface area (Å²) in [6, 6.07) is 8.34. The van der Waals surface area contributed by atoms with Crippen molar-refractivity contribution in [3.8, 4) is 0 Å². The Morgan fingerprint density at radius 2 is 2.10 bits per heavy atom. The summed E-state index contributed by atoms with van der Waals surface area (Å²) in [6.07, 6.45) is 5.36. The molecule has 2 aliphatic rings. The van der Waals surface area contributed by atoms with Gasteiger partial charge < -0.3 is 14.8 Å². The summed E-state index contributed by atoms with van der Waals surface area (Å²) in [5.74, 6) is 0.0125. The zero-order chi connectivity index (χ0) is 21.5. The number of nitrogens with one attached hydrogen (secondary N) is 1. The van der Waals surface area contributed by atoms with Gasteiger partial charge in [-0.15, -0.1) is 0 Å². The number of hydrogen-bond acceptors (Lipinski definition) is 3. The molecule has 2 aliphatic heterocycles.